The number of aromatic nitrogens is 2. The van der Waals surface area contributed by atoms with Gasteiger partial charge in [0.25, 0.3) is 11.1 Å². The highest BCUT2D eigenvalue weighted by molar-refractivity contribution is 7.98. The Balaban J connectivity index is 1.68. The molecule has 29 heavy (non-hydrogen) atoms. The summed E-state index contributed by atoms with van der Waals surface area (Å²) >= 11 is 1.47. The smallest absolute Gasteiger partial charge is 0.277 e. The molecule has 0 spiro atoms. The van der Waals surface area contributed by atoms with Crippen LogP contribution in [0, 0.1) is 34.6 Å². The number of carbonyl (C=O) groups excluding carboxylic acids is 1. The van der Waals surface area contributed by atoms with Crippen molar-refractivity contribution in [3.05, 3.63) is 69.1 Å². The minimum atomic E-state index is 0.0925. The molecule has 0 fully saturated rings. The van der Waals surface area contributed by atoms with Crippen LogP contribution in [-0.4, -0.2) is 16.0 Å². The fourth-order valence-electron chi connectivity index (χ4n) is 3.48. The van der Waals surface area contributed by atoms with Gasteiger partial charge in [-0.25, -0.2) is 0 Å². The number of aryl methyl sites for hydroxylation is 4. The van der Waals surface area contributed by atoms with Gasteiger partial charge in [-0.2, -0.15) is 0 Å². The van der Waals surface area contributed by atoms with E-state index in [9.17, 15) is 4.79 Å². The predicted molar refractivity (Wildman–Crippen MR) is 115 cm³/mol. The van der Waals surface area contributed by atoms with E-state index in [0.29, 0.717) is 16.9 Å². The zero-order chi connectivity index (χ0) is 21.1. The average Bonchev–Trinajstić information content (AvgIpc) is 3.09. The minimum absolute atomic E-state index is 0.0925. The summed E-state index contributed by atoms with van der Waals surface area (Å²) < 4.78 is 11.6. The summed E-state index contributed by atoms with van der Waals surface area (Å²) in [5, 5.41) is 8.69. The van der Waals surface area contributed by atoms with Crippen molar-refractivity contribution in [3.63, 3.8) is 0 Å². The molecule has 0 aliphatic carbocycles. The number of Topliss-reactive ketones (excluding diaryl/α,β-unsaturated/α-hetero) is 1. The molecule has 0 N–H and O–H groups in total. The molecule has 0 saturated heterocycles. The van der Waals surface area contributed by atoms with Crippen LogP contribution in [0.5, 0.6) is 5.75 Å². The normalized spacial score (nSPS) is 11.0. The number of thioether (sulfide) groups is 1. The number of carbonyl (C=O) groups is 1. The lowest BCUT2D eigenvalue weighted by molar-refractivity contribution is 0.101. The Hall–Kier alpha value is -2.60. The van der Waals surface area contributed by atoms with E-state index >= 15 is 0 Å². The Labute approximate surface area is 175 Å². The Bertz CT molecular complexity index is 1060. The van der Waals surface area contributed by atoms with Crippen molar-refractivity contribution in [3.8, 4) is 5.75 Å². The fraction of sp³-hybridized carbons (Fsp3) is 0.348. The summed E-state index contributed by atoms with van der Waals surface area (Å²) in [4.78, 5) is 12.0. The van der Waals surface area contributed by atoms with Gasteiger partial charge in [0.05, 0.1) is 0 Å². The van der Waals surface area contributed by atoms with E-state index in [1.165, 1.54) is 11.8 Å². The van der Waals surface area contributed by atoms with E-state index in [1.54, 1.807) is 6.92 Å². The minimum Gasteiger partial charge on any atom is -0.484 e. The molecule has 2 aromatic carbocycles. The van der Waals surface area contributed by atoms with Gasteiger partial charge in [0.15, 0.2) is 12.4 Å². The summed E-state index contributed by atoms with van der Waals surface area (Å²) in [5.74, 6) is 2.02. The summed E-state index contributed by atoms with van der Waals surface area (Å²) in [5.41, 5.74) is 7.36. The number of rotatable bonds is 7. The lowest BCUT2D eigenvalue weighted by atomic mass is 9.92. The molecule has 0 unspecified atom stereocenters. The van der Waals surface area contributed by atoms with Gasteiger partial charge in [0.2, 0.25) is 0 Å². The van der Waals surface area contributed by atoms with Crippen LogP contribution in [0.25, 0.3) is 0 Å². The van der Waals surface area contributed by atoms with Crippen molar-refractivity contribution in [2.24, 2.45) is 0 Å². The molecule has 0 saturated carbocycles. The van der Waals surface area contributed by atoms with E-state index in [4.69, 9.17) is 9.15 Å². The van der Waals surface area contributed by atoms with Gasteiger partial charge in [0, 0.05) is 11.3 Å². The van der Waals surface area contributed by atoms with Gasteiger partial charge in [-0.05, 0) is 81.0 Å². The third-order valence-electron chi connectivity index (χ3n) is 4.97. The molecule has 3 rings (SSSR count). The van der Waals surface area contributed by atoms with Crippen molar-refractivity contribution < 1.29 is 13.9 Å². The highest BCUT2D eigenvalue weighted by Crippen LogP contribution is 2.29. The molecule has 1 aromatic heterocycles. The van der Waals surface area contributed by atoms with Crippen molar-refractivity contribution in [1.29, 1.82) is 0 Å². The molecule has 152 valence electrons. The van der Waals surface area contributed by atoms with Crippen molar-refractivity contribution in [2.75, 3.05) is 0 Å². The topological polar surface area (TPSA) is 65.2 Å². The first-order valence-electron chi connectivity index (χ1n) is 9.52. The van der Waals surface area contributed by atoms with E-state index in [2.05, 4.69) is 29.3 Å². The van der Waals surface area contributed by atoms with Gasteiger partial charge >= 0.3 is 0 Å². The van der Waals surface area contributed by atoms with Gasteiger partial charge in [-0.15, -0.1) is 10.2 Å². The third-order valence-corrected chi connectivity index (χ3v) is 5.81. The largest absolute Gasteiger partial charge is 0.484 e. The number of nitrogens with zero attached hydrogens (tertiary/aromatic N) is 2. The monoisotopic (exact) mass is 410 g/mol. The van der Waals surface area contributed by atoms with Gasteiger partial charge in [0.1, 0.15) is 5.75 Å². The lowest BCUT2D eigenvalue weighted by Crippen LogP contribution is -2.05. The Morgan fingerprint density at radius 1 is 1.03 bits per heavy atom. The van der Waals surface area contributed by atoms with E-state index in [-0.39, 0.29) is 12.4 Å². The second-order valence-corrected chi connectivity index (χ2v) is 8.28. The first kappa shape index (κ1) is 21.1. The average molecular weight is 411 g/mol. The number of hydrogen-bond acceptors (Lipinski definition) is 6. The first-order valence-corrected chi connectivity index (χ1v) is 10.5. The van der Waals surface area contributed by atoms with Gasteiger partial charge in [-0.3, -0.25) is 4.79 Å². The Kier molecular flexibility index (Phi) is 6.42. The summed E-state index contributed by atoms with van der Waals surface area (Å²) in [6, 6.07) is 8.14. The van der Waals surface area contributed by atoms with E-state index in [1.807, 2.05) is 39.8 Å². The lowest BCUT2D eigenvalue weighted by Gasteiger charge is -2.15. The van der Waals surface area contributed by atoms with Crippen LogP contribution in [0.4, 0.5) is 0 Å². The third kappa shape index (κ3) is 4.88. The van der Waals surface area contributed by atoms with E-state index < -0.39 is 0 Å². The van der Waals surface area contributed by atoms with Crippen molar-refractivity contribution >= 4 is 17.5 Å². The molecular formula is C23H26N2O3S. The highest BCUT2D eigenvalue weighted by Gasteiger charge is 2.16. The molecule has 6 heteroatoms. The van der Waals surface area contributed by atoms with Crippen LogP contribution in [0.2, 0.25) is 0 Å². The zero-order valence-electron chi connectivity index (χ0n) is 17.8. The molecule has 1 heterocycles. The SMILES string of the molecule is CC(=O)c1c(C)cc(C)c(CSc2nnc(COc3cc(C)ccc3C)o2)c1C. The summed E-state index contributed by atoms with van der Waals surface area (Å²) in [6.07, 6.45) is 0. The van der Waals surface area contributed by atoms with Gasteiger partial charge in [-0.1, -0.05) is 30.0 Å². The molecule has 0 aliphatic rings. The molecule has 5 nitrogen and oxygen atoms in total. The summed E-state index contributed by atoms with van der Waals surface area (Å²) in [6.45, 7) is 11.9. The molecule has 0 radical (unpaired) electrons. The Morgan fingerprint density at radius 2 is 1.79 bits per heavy atom. The standard InChI is InChI=1S/C23H26N2O3S/c1-13-7-8-14(2)20(9-13)27-11-21-24-25-23(28-21)29-12-19-15(3)10-16(4)22(17(19)5)18(6)26/h7-10H,11-12H2,1-6H3. The molecular weight excluding hydrogens is 384 g/mol. The molecule has 0 amide bonds. The van der Waals surface area contributed by atoms with Crippen LogP contribution in [-0.2, 0) is 12.4 Å². The maximum absolute atomic E-state index is 12.0. The quantitative estimate of drug-likeness (QED) is 0.368. The van der Waals surface area contributed by atoms with Gasteiger partial charge < -0.3 is 9.15 Å². The fourth-order valence-corrected chi connectivity index (χ4v) is 4.45. The van der Waals surface area contributed by atoms with Crippen molar-refractivity contribution in [1.82, 2.24) is 10.2 Å². The number of benzene rings is 2. The first-order chi connectivity index (χ1) is 13.8. The predicted octanol–water partition coefficient (Wildman–Crippen LogP) is 5.69. The second kappa shape index (κ2) is 8.82. The van der Waals surface area contributed by atoms with Crippen molar-refractivity contribution in [2.45, 2.75) is 59.1 Å². The zero-order valence-corrected chi connectivity index (χ0v) is 18.6. The van der Waals surface area contributed by atoms with Crippen LogP contribution < -0.4 is 4.74 Å². The molecule has 0 aliphatic heterocycles. The van der Waals surface area contributed by atoms with E-state index in [0.717, 1.165) is 44.7 Å². The Morgan fingerprint density at radius 3 is 2.52 bits per heavy atom. The molecule has 0 atom stereocenters. The van der Waals surface area contributed by atoms with Crippen LogP contribution in [0.3, 0.4) is 0 Å². The maximum atomic E-state index is 12.0. The van der Waals surface area contributed by atoms with Crippen LogP contribution >= 0.6 is 11.8 Å². The molecule has 0 bridgehead atoms. The second-order valence-electron chi connectivity index (χ2n) is 7.35. The number of hydrogen-bond donors (Lipinski definition) is 0. The van der Waals surface area contributed by atoms with Crippen LogP contribution in [0.15, 0.2) is 33.9 Å². The number of ether oxygens (including phenoxy) is 1. The molecule has 3 aromatic rings. The number of ketones is 1. The van der Waals surface area contributed by atoms with Crippen LogP contribution in [0.1, 0.15) is 56.6 Å². The summed E-state index contributed by atoms with van der Waals surface area (Å²) in [7, 11) is 0. The maximum Gasteiger partial charge on any atom is 0.277 e. The highest BCUT2D eigenvalue weighted by atomic mass is 32.2.